The van der Waals surface area contributed by atoms with E-state index >= 15 is 0 Å². The van der Waals surface area contributed by atoms with Gasteiger partial charge in [0.15, 0.2) is 0 Å². The lowest BCUT2D eigenvalue weighted by Gasteiger charge is -2.22. The van der Waals surface area contributed by atoms with Crippen LogP contribution in [0.3, 0.4) is 0 Å². The van der Waals surface area contributed by atoms with Crippen LogP contribution in [0.15, 0.2) is 24.3 Å². The molecule has 1 aliphatic carbocycles. The fourth-order valence-electron chi connectivity index (χ4n) is 2.59. The fraction of sp³-hybridized carbons (Fsp3) is 0.500. The van der Waals surface area contributed by atoms with Crippen LogP contribution in [0.2, 0.25) is 0 Å². The summed E-state index contributed by atoms with van der Waals surface area (Å²) < 4.78 is 4.61. The van der Waals surface area contributed by atoms with Crippen molar-refractivity contribution in [1.29, 1.82) is 0 Å². The number of nitrogens with two attached hydrogens (primary N) is 1. The Balaban J connectivity index is 0.00000242. The SMILES string of the molecule is COC(=O)CCc1ccc(NC(=O)C2(N)CCCC2)cc1.Cl. The molecule has 0 saturated heterocycles. The minimum atomic E-state index is -0.719. The maximum atomic E-state index is 12.2. The molecule has 1 saturated carbocycles. The monoisotopic (exact) mass is 326 g/mol. The molecule has 0 radical (unpaired) electrons. The second-order valence-corrected chi connectivity index (χ2v) is 5.59. The number of hydrogen-bond donors (Lipinski definition) is 2. The Morgan fingerprint density at radius 1 is 1.23 bits per heavy atom. The topological polar surface area (TPSA) is 81.4 Å². The molecule has 1 fully saturated rings. The van der Waals surface area contributed by atoms with Crippen molar-refractivity contribution < 1.29 is 14.3 Å². The molecule has 0 atom stereocenters. The first-order valence-electron chi connectivity index (χ1n) is 7.29. The number of rotatable bonds is 5. The molecule has 122 valence electrons. The van der Waals surface area contributed by atoms with E-state index in [2.05, 4.69) is 10.1 Å². The van der Waals surface area contributed by atoms with Crippen molar-refractivity contribution in [3.05, 3.63) is 29.8 Å². The number of hydrogen-bond acceptors (Lipinski definition) is 4. The average Bonchev–Trinajstić information content (AvgIpc) is 2.94. The number of esters is 1. The number of halogens is 1. The summed E-state index contributed by atoms with van der Waals surface area (Å²) in [5.41, 5.74) is 7.16. The zero-order valence-electron chi connectivity index (χ0n) is 12.8. The molecule has 3 N–H and O–H groups in total. The maximum absolute atomic E-state index is 12.2. The van der Waals surface area contributed by atoms with Crippen LogP contribution in [0.4, 0.5) is 5.69 Å². The highest BCUT2D eigenvalue weighted by Gasteiger charge is 2.36. The van der Waals surface area contributed by atoms with Crippen LogP contribution >= 0.6 is 12.4 Å². The van der Waals surface area contributed by atoms with Crippen molar-refractivity contribution in [2.24, 2.45) is 5.73 Å². The first kappa shape index (κ1) is 18.5. The van der Waals surface area contributed by atoms with Crippen LogP contribution in [0.1, 0.15) is 37.7 Å². The molecule has 0 spiro atoms. The van der Waals surface area contributed by atoms with Crippen molar-refractivity contribution in [3.63, 3.8) is 0 Å². The zero-order valence-corrected chi connectivity index (χ0v) is 13.6. The van der Waals surface area contributed by atoms with Crippen molar-refractivity contribution in [2.75, 3.05) is 12.4 Å². The van der Waals surface area contributed by atoms with Crippen LogP contribution in [0.25, 0.3) is 0 Å². The molecule has 0 aliphatic heterocycles. The lowest BCUT2D eigenvalue weighted by molar-refractivity contribution is -0.140. The van der Waals surface area contributed by atoms with Gasteiger partial charge in [0.1, 0.15) is 0 Å². The summed E-state index contributed by atoms with van der Waals surface area (Å²) in [6.45, 7) is 0. The summed E-state index contributed by atoms with van der Waals surface area (Å²) >= 11 is 0. The molecule has 1 aromatic carbocycles. The molecule has 22 heavy (non-hydrogen) atoms. The van der Waals surface area contributed by atoms with Gasteiger partial charge >= 0.3 is 5.97 Å². The van der Waals surface area contributed by atoms with Crippen molar-refractivity contribution in [2.45, 2.75) is 44.1 Å². The predicted octanol–water partition coefficient (Wildman–Crippen LogP) is 2.42. The number of anilines is 1. The summed E-state index contributed by atoms with van der Waals surface area (Å²) in [5.74, 6) is -0.332. The minimum absolute atomic E-state index is 0. The molecule has 0 heterocycles. The number of amides is 1. The Bertz CT molecular complexity index is 511. The largest absolute Gasteiger partial charge is 0.469 e. The second kappa shape index (κ2) is 8.15. The Morgan fingerprint density at radius 3 is 2.36 bits per heavy atom. The van der Waals surface area contributed by atoms with Gasteiger partial charge in [-0.3, -0.25) is 9.59 Å². The molecule has 0 bridgehead atoms. The highest BCUT2D eigenvalue weighted by Crippen LogP contribution is 2.28. The van der Waals surface area contributed by atoms with Gasteiger partial charge in [0, 0.05) is 12.1 Å². The normalized spacial score (nSPS) is 15.7. The van der Waals surface area contributed by atoms with Gasteiger partial charge in [0.05, 0.1) is 12.6 Å². The van der Waals surface area contributed by atoms with Crippen molar-refractivity contribution in [3.8, 4) is 0 Å². The van der Waals surface area contributed by atoms with Gasteiger partial charge in [-0.05, 0) is 37.0 Å². The number of benzene rings is 1. The molecule has 0 aromatic heterocycles. The van der Waals surface area contributed by atoms with Gasteiger partial charge in [0.2, 0.25) is 5.91 Å². The smallest absolute Gasteiger partial charge is 0.305 e. The zero-order chi connectivity index (χ0) is 15.3. The Hall–Kier alpha value is -1.59. The standard InChI is InChI=1S/C16H22N2O3.ClH/c1-21-14(19)9-6-12-4-7-13(8-5-12)18-15(20)16(17)10-2-3-11-16;/h4-5,7-8H,2-3,6,9-11,17H2,1H3,(H,18,20);1H. The second-order valence-electron chi connectivity index (χ2n) is 5.59. The van der Waals surface area contributed by atoms with Crippen LogP contribution in [-0.2, 0) is 20.7 Å². The van der Waals surface area contributed by atoms with Crippen LogP contribution in [-0.4, -0.2) is 24.5 Å². The van der Waals surface area contributed by atoms with E-state index < -0.39 is 5.54 Å². The number of nitrogens with one attached hydrogen (secondary N) is 1. The Morgan fingerprint density at radius 2 is 1.82 bits per heavy atom. The van der Waals surface area contributed by atoms with Crippen LogP contribution < -0.4 is 11.1 Å². The van der Waals surface area contributed by atoms with E-state index in [-0.39, 0.29) is 24.3 Å². The van der Waals surface area contributed by atoms with Crippen LogP contribution in [0.5, 0.6) is 0 Å². The van der Waals surface area contributed by atoms with Gasteiger partial charge in [-0.1, -0.05) is 25.0 Å². The predicted molar refractivity (Wildman–Crippen MR) is 88.0 cm³/mol. The molecule has 6 heteroatoms. The first-order chi connectivity index (χ1) is 10.0. The summed E-state index contributed by atoms with van der Waals surface area (Å²) in [6.07, 6.45) is 4.49. The number of carbonyl (C=O) groups excluding carboxylic acids is 2. The number of ether oxygens (including phenoxy) is 1. The number of aryl methyl sites for hydroxylation is 1. The van der Waals surface area contributed by atoms with Crippen LogP contribution in [0, 0.1) is 0 Å². The molecule has 1 aliphatic rings. The fourth-order valence-corrected chi connectivity index (χ4v) is 2.59. The average molecular weight is 327 g/mol. The highest BCUT2D eigenvalue weighted by atomic mass is 35.5. The van der Waals surface area contributed by atoms with E-state index in [1.54, 1.807) is 0 Å². The van der Waals surface area contributed by atoms with E-state index in [1.165, 1.54) is 7.11 Å². The minimum Gasteiger partial charge on any atom is -0.469 e. The third-order valence-electron chi connectivity index (χ3n) is 4.01. The Labute approximate surface area is 137 Å². The quantitative estimate of drug-likeness (QED) is 0.814. The van der Waals surface area contributed by atoms with Gasteiger partial charge in [0.25, 0.3) is 0 Å². The van der Waals surface area contributed by atoms with E-state index in [4.69, 9.17) is 5.73 Å². The Kier molecular flexibility index (Phi) is 6.84. The van der Waals surface area contributed by atoms with Crippen molar-refractivity contribution >= 4 is 30.0 Å². The lowest BCUT2D eigenvalue weighted by Crippen LogP contribution is -2.48. The van der Waals surface area contributed by atoms with Gasteiger partial charge in [-0.15, -0.1) is 12.4 Å². The summed E-state index contributed by atoms with van der Waals surface area (Å²) in [7, 11) is 1.38. The van der Waals surface area contributed by atoms with Crippen molar-refractivity contribution in [1.82, 2.24) is 0 Å². The summed E-state index contributed by atoms with van der Waals surface area (Å²) in [6, 6.07) is 7.47. The van der Waals surface area contributed by atoms with E-state index in [9.17, 15) is 9.59 Å². The lowest BCUT2D eigenvalue weighted by atomic mass is 9.98. The maximum Gasteiger partial charge on any atom is 0.305 e. The molecule has 1 aromatic rings. The molecule has 1 amide bonds. The number of methoxy groups -OCH3 is 1. The van der Waals surface area contributed by atoms with Gasteiger partial charge < -0.3 is 15.8 Å². The van der Waals surface area contributed by atoms with Gasteiger partial charge in [-0.25, -0.2) is 0 Å². The highest BCUT2D eigenvalue weighted by molar-refractivity contribution is 5.98. The molecule has 2 rings (SSSR count). The summed E-state index contributed by atoms with van der Waals surface area (Å²) in [5, 5.41) is 2.87. The van der Waals surface area contributed by atoms with E-state index in [0.717, 1.165) is 36.9 Å². The van der Waals surface area contributed by atoms with Gasteiger partial charge in [-0.2, -0.15) is 0 Å². The molecule has 0 unspecified atom stereocenters. The molecular formula is C16H23ClN2O3. The van der Waals surface area contributed by atoms with E-state index in [1.807, 2.05) is 24.3 Å². The third-order valence-corrected chi connectivity index (χ3v) is 4.01. The van der Waals surface area contributed by atoms with E-state index in [0.29, 0.717) is 12.8 Å². The molecular weight excluding hydrogens is 304 g/mol. The summed E-state index contributed by atoms with van der Waals surface area (Å²) in [4.78, 5) is 23.3. The number of carbonyl (C=O) groups is 2. The third kappa shape index (κ3) is 4.71. The first-order valence-corrected chi connectivity index (χ1v) is 7.29. The molecule has 5 nitrogen and oxygen atoms in total.